The highest BCUT2D eigenvalue weighted by Crippen LogP contribution is 2.22. The zero-order valence-electron chi connectivity index (χ0n) is 18.5. The van der Waals surface area contributed by atoms with Crippen molar-refractivity contribution in [1.29, 1.82) is 0 Å². The smallest absolute Gasteiger partial charge is 0.281 e. The number of thiazole rings is 1. The van der Waals surface area contributed by atoms with E-state index in [2.05, 4.69) is 9.71 Å². The van der Waals surface area contributed by atoms with Crippen LogP contribution in [0, 0.1) is 12.7 Å². The summed E-state index contributed by atoms with van der Waals surface area (Å²) in [5, 5.41) is 0. The number of methoxy groups -OCH3 is 1. The topological polar surface area (TPSA) is 89.8 Å². The zero-order chi connectivity index (χ0) is 24.3. The van der Waals surface area contributed by atoms with E-state index in [-0.39, 0.29) is 22.0 Å². The van der Waals surface area contributed by atoms with Gasteiger partial charge in [0, 0.05) is 13.7 Å². The van der Waals surface area contributed by atoms with Gasteiger partial charge in [-0.05, 0) is 49.4 Å². The molecule has 0 aliphatic heterocycles. The van der Waals surface area contributed by atoms with Crippen molar-refractivity contribution in [3.8, 4) is 0 Å². The van der Waals surface area contributed by atoms with Crippen LogP contribution in [0.1, 0.15) is 15.9 Å². The Morgan fingerprint density at radius 3 is 2.59 bits per heavy atom. The number of para-hydroxylation sites is 1. The van der Waals surface area contributed by atoms with Crippen LogP contribution in [0.2, 0.25) is 0 Å². The van der Waals surface area contributed by atoms with E-state index in [1.165, 1.54) is 47.7 Å². The molecule has 176 valence electrons. The monoisotopic (exact) mass is 499 g/mol. The van der Waals surface area contributed by atoms with Crippen molar-refractivity contribution in [3.05, 3.63) is 88.5 Å². The number of rotatable bonds is 7. The van der Waals surface area contributed by atoms with Gasteiger partial charge in [-0.25, -0.2) is 12.8 Å². The minimum absolute atomic E-state index is 0.0845. The lowest BCUT2D eigenvalue weighted by Crippen LogP contribution is -2.20. The molecule has 0 unspecified atom stereocenters. The van der Waals surface area contributed by atoms with Gasteiger partial charge >= 0.3 is 0 Å². The first-order valence-electron chi connectivity index (χ1n) is 10.3. The summed E-state index contributed by atoms with van der Waals surface area (Å²) < 4.78 is 49.5. The molecule has 0 atom stereocenters. The molecule has 0 saturated heterocycles. The molecule has 4 rings (SSSR count). The van der Waals surface area contributed by atoms with E-state index in [0.717, 1.165) is 11.1 Å². The Balaban J connectivity index is 1.74. The number of carbonyl (C=O) groups is 1. The Morgan fingerprint density at radius 2 is 1.85 bits per heavy atom. The summed E-state index contributed by atoms with van der Waals surface area (Å²) in [6.45, 7) is 2.65. The molecular weight excluding hydrogens is 477 g/mol. The van der Waals surface area contributed by atoms with Crippen molar-refractivity contribution < 1.29 is 22.3 Å². The predicted molar refractivity (Wildman–Crippen MR) is 130 cm³/mol. The number of sulfonamides is 1. The Bertz CT molecular complexity index is 1520. The average Bonchev–Trinajstić information content (AvgIpc) is 3.13. The van der Waals surface area contributed by atoms with Crippen molar-refractivity contribution >= 4 is 43.2 Å². The molecule has 7 nitrogen and oxygen atoms in total. The van der Waals surface area contributed by atoms with Gasteiger partial charge in [-0.15, -0.1) is 0 Å². The van der Waals surface area contributed by atoms with Crippen LogP contribution in [-0.4, -0.2) is 32.6 Å². The van der Waals surface area contributed by atoms with Crippen LogP contribution in [0.15, 0.2) is 76.6 Å². The second kappa shape index (κ2) is 9.88. The van der Waals surface area contributed by atoms with Crippen LogP contribution in [0.3, 0.4) is 0 Å². The van der Waals surface area contributed by atoms with Crippen molar-refractivity contribution in [1.82, 2.24) is 4.57 Å². The minimum atomic E-state index is -3.91. The zero-order valence-corrected chi connectivity index (χ0v) is 20.1. The molecule has 10 heteroatoms. The normalized spacial score (nSPS) is 12.3. The molecule has 3 aromatic carbocycles. The van der Waals surface area contributed by atoms with Crippen LogP contribution in [-0.2, 0) is 21.3 Å². The summed E-state index contributed by atoms with van der Waals surface area (Å²) in [5.41, 5.74) is 1.87. The lowest BCUT2D eigenvalue weighted by atomic mass is 10.2. The number of anilines is 1. The van der Waals surface area contributed by atoms with Crippen LogP contribution >= 0.6 is 11.3 Å². The van der Waals surface area contributed by atoms with E-state index < -0.39 is 15.9 Å². The number of nitrogens with one attached hydrogen (secondary N) is 1. The largest absolute Gasteiger partial charge is 0.383 e. The van der Waals surface area contributed by atoms with Crippen LogP contribution in [0.25, 0.3) is 10.2 Å². The number of ether oxygens (including phenoxy) is 1. The quantitative estimate of drug-likeness (QED) is 0.410. The SMILES string of the molecule is COCCn1c(=NC(=O)c2ccccc2NS(=O)(=O)c2ccc(C)cc2)sc2cc(F)ccc21. The Hall–Kier alpha value is -3.34. The van der Waals surface area contributed by atoms with Crippen molar-refractivity contribution in [2.24, 2.45) is 4.99 Å². The van der Waals surface area contributed by atoms with Gasteiger partial charge in [0.2, 0.25) is 0 Å². The van der Waals surface area contributed by atoms with E-state index in [0.29, 0.717) is 22.7 Å². The van der Waals surface area contributed by atoms with E-state index in [1.54, 1.807) is 42.0 Å². The molecule has 4 aromatic rings. The molecule has 1 N–H and O–H groups in total. The molecule has 0 spiro atoms. The molecule has 0 aliphatic rings. The van der Waals surface area contributed by atoms with Crippen LogP contribution in [0.4, 0.5) is 10.1 Å². The van der Waals surface area contributed by atoms with Gasteiger partial charge in [0.25, 0.3) is 15.9 Å². The van der Waals surface area contributed by atoms with Gasteiger partial charge in [0.05, 0.1) is 33.0 Å². The number of amides is 1. The van der Waals surface area contributed by atoms with Crippen LogP contribution in [0.5, 0.6) is 0 Å². The fourth-order valence-electron chi connectivity index (χ4n) is 3.36. The maximum absolute atomic E-state index is 13.7. The molecule has 34 heavy (non-hydrogen) atoms. The number of hydrogen-bond donors (Lipinski definition) is 1. The predicted octanol–water partition coefficient (Wildman–Crippen LogP) is 4.34. The first-order chi connectivity index (χ1) is 16.3. The third kappa shape index (κ3) is 5.09. The van der Waals surface area contributed by atoms with E-state index in [1.807, 2.05) is 6.92 Å². The number of aryl methyl sites for hydroxylation is 1. The number of carbonyl (C=O) groups excluding carboxylic acids is 1. The summed E-state index contributed by atoms with van der Waals surface area (Å²) in [5.74, 6) is -1.01. The summed E-state index contributed by atoms with van der Waals surface area (Å²) in [6.07, 6.45) is 0. The highest BCUT2D eigenvalue weighted by molar-refractivity contribution is 7.92. The average molecular weight is 500 g/mol. The molecule has 0 saturated carbocycles. The third-order valence-electron chi connectivity index (χ3n) is 5.09. The number of nitrogens with zero attached hydrogens (tertiary/aromatic N) is 2. The summed E-state index contributed by atoms with van der Waals surface area (Å²) >= 11 is 1.17. The summed E-state index contributed by atoms with van der Waals surface area (Å²) in [7, 11) is -2.35. The second-order valence-corrected chi connectivity index (χ2v) is 10.2. The number of fused-ring (bicyclic) bond motifs is 1. The highest BCUT2D eigenvalue weighted by atomic mass is 32.2. The van der Waals surface area contributed by atoms with Gasteiger partial charge in [0.1, 0.15) is 5.82 Å². The standard InChI is InChI=1S/C24H22FN3O4S2/c1-16-7-10-18(11-8-16)34(30,31)27-20-6-4-3-5-19(20)23(29)26-24-28(13-14-32-2)21-12-9-17(25)15-22(21)33-24/h3-12,15,27H,13-14H2,1-2H3. The lowest BCUT2D eigenvalue weighted by molar-refractivity contribution is 0.0998. The van der Waals surface area contributed by atoms with Crippen molar-refractivity contribution in [2.75, 3.05) is 18.4 Å². The van der Waals surface area contributed by atoms with Crippen molar-refractivity contribution in [2.45, 2.75) is 18.4 Å². The molecule has 1 heterocycles. The molecule has 0 aliphatic carbocycles. The van der Waals surface area contributed by atoms with Gasteiger partial charge in [-0.3, -0.25) is 9.52 Å². The highest BCUT2D eigenvalue weighted by Gasteiger charge is 2.19. The number of halogens is 1. The fourth-order valence-corrected chi connectivity index (χ4v) is 5.52. The van der Waals surface area contributed by atoms with Crippen LogP contribution < -0.4 is 9.52 Å². The molecule has 1 aromatic heterocycles. The Kier molecular flexibility index (Phi) is 6.92. The van der Waals surface area contributed by atoms with Gasteiger partial charge in [-0.2, -0.15) is 4.99 Å². The molecule has 0 radical (unpaired) electrons. The molecule has 0 fully saturated rings. The fraction of sp³-hybridized carbons (Fsp3) is 0.167. The number of benzene rings is 3. The molecular formula is C24H22FN3O4S2. The summed E-state index contributed by atoms with van der Waals surface area (Å²) in [6, 6.07) is 17.0. The second-order valence-electron chi connectivity index (χ2n) is 7.52. The Labute approximate surface area is 200 Å². The van der Waals surface area contributed by atoms with E-state index >= 15 is 0 Å². The first kappa shape index (κ1) is 23.8. The minimum Gasteiger partial charge on any atom is -0.383 e. The van der Waals surface area contributed by atoms with E-state index in [9.17, 15) is 17.6 Å². The number of hydrogen-bond acceptors (Lipinski definition) is 5. The first-order valence-corrected chi connectivity index (χ1v) is 12.6. The van der Waals surface area contributed by atoms with Gasteiger partial charge in [-0.1, -0.05) is 41.2 Å². The third-order valence-corrected chi connectivity index (χ3v) is 7.52. The van der Waals surface area contributed by atoms with E-state index in [4.69, 9.17) is 4.74 Å². The van der Waals surface area contributed by atoms with Gasteiger partial charge in [0.15, 0.2) is 4.80 Å². The lowest BCUT2D eigenvalue weighted by Gasteiger charge is -2.11. The summed E-state index contributed by atoms with van der Waals surface area (Å²) in [4.78, 5) is 17.9. The van der Waals surface area contributed by atoms with Gasteiger partial charge < -0.3 is 9.30 Å². The Morgan fingerprint density at radius 1 is 1.12 bits per heavy atom. The molecule has 1 amide bonds. The maximum atomic E-state index is 13.7. The maximum Gasteiger partial charge on any atom is 0.281 e. The number of aromatic nitrogens is 1. The molecule has 0 bridgehead atoms. The van der Waals surface area contributed by atoms with Crippen molar-refractivity contribution in [3.63, 3.8) is 0 Å².